The number of aromatic nitrogens is 2. The van der Waals surface area contributed by atoms with E-state index in [1.807, 2.05) is 12.3 Å². The maximum Gasteiger partial charge on any atom is 0.335 e. The highest BCUT2D eigenvalue weighted by molar-refractivity contribution is 6.76. The molecule has 1 heterocycles. The van der Waals surface area contributed by atoms with E-state index < -0.39 is 14.0 Å². The van der Waals surface area contributed by atoms with E-state index >= 15 is 0 Å². The number of hydrogen-bond donors (Lipinski definition) is 1. The number of imidazole rings is 1. The topological polar surface area (TPSA) is 64.3 Å². The van der Waals surface area contributed by atoms with Crippen LogP contribution in [0.15, 0.2) is 30.5 Å². The van der Waals surface area contributed by atoms with Crippen LogP contribution < -0.4 is 0 Å². The Kier molecular flexibility index (Phi) is 7.17. The predicted molar refractivity (Wildman–Crippen MR) is 107 cm³/mol. The lowest BCUT2D eigenvalue weighted by Crippen LogP contribution is -2.22. The van der Waals surface area contributed by atoms with Gasteiger partial charge in [0.15, 0.2) is 0 Å². The van der Waals surface area contributed by atoms with E-state index in [4.69, 9.17) is 4.74 Å². The lowest BCUT2D eigenvalue weighted by atomic mass is 10.1. The molecule has 0 spiro atoms. The van der Waals surface area contributed by atoms with Gasteiger partial charge in [-0.1, -0.05) is 45.1 Å². The zero-order valence-electron chi connectivity index (χ0n) is 16.3. The van der Waals surface area contributed by atoms with E-state index in [0.29, 0.717) is 6.73 Å². The summed E-state index contributed by atoms with van der Waals surface area (Å²) in [5, 5.41) is 9.25. The van der Waals surface area contributed by atoms with E-state index in [-0.39, 0.29) is 5.56 Å². The molecule has 2 aromatic rings. The summed E-state index contributed by atoms with van der Waals surface area (Å²) >= 11 is 0. The van der Waals surface area contributed by atoms with Gasteiger partial charge in [-0.05, 0) is 24.6 Å². The number of carboxylic acids is 1. The third-order valence-electron chi connectivity index (χ3n) is 4.31. The Labute approximate surface area is 157 Å². The lowest BCUT2D eigenvalue weighted by molar-refractivity contribution is 0.0697. The first-order chi connectivity index (χ1) is 12.3. The van der Waals surface area contributed by atoms with Crippen LogP contribution in [0.5, 0.6) is 0 Å². The number of benzene rings is 1. The van der Waals surface area contributed by atoms with Crippen LogP contribution in [0, 0.1) is 0 Å². The Morgan fingerprint density at radius 1 is 1.31 bits per heavy atom. The van der Waals surface area contributed by atoms with Crippen molar-refractivity contribution >= 4 is 14.0 Å². The molecule has 0 fully saturated rings. The van der Waals surface area contributed by atoms with Crippen LogP contribution in [0.1, 0.15) is 35.9 Å². The molecule has 0 saturated carbocycles. The SMILES string of the molecule is CCCCc1ncc(-c2cccc(C(=O)O)c2)n1COCC[Si](C)(C)C. The molecule has 0 aliphatic carbocycles. The minimum atomic E-state index is -1.13. The molecule has 0 aliphatic rings. The van der Waals surface area contributed by atoms with Crippen LogP contribution >= 0.6 is 0 Å². The number of ether oxygens (including phenoxy) is 1. The second kappa shape index (κ2) is 9.14. The Morgan fingerprint density at radius 2 is 2.08 bits per heavy atom. The number of aryl methyl sites for hydroxylation is 1. The molecule has 0 saturated heterocycles. The van der Waals surface area contributed by atoms with E-state index in [2.05, 4.69) is 36.1 Å². The highest BCUT2D eigenvalue weighted by Gasteiger charge is 2.15. The van der Waals surface area contributed by atoms with Crippen molar-refractivity contribution in [1.29, 1.82) is 0 Å². The van der Waals surface area contributed by atoms with Crippen molar-refractivity contribution in [2.45, 2.75) is 58.6 Å². The molecule has 142 valence electrons. The van der Waals surface area contributed by atoms with Gasteiger partial charge in [0.25, 0.3) is 0 Å². The van der Waals surface area contributed by atoms with Crippen molar-refractivity contribution in [2.24, 2.45) is 0 Å². The summed E-state index contributed by atoms with van der Waals surface area (Å²) in [6, 6.07) is 8.12. The Morgan fingerprint density at radius 3 is 2.73 bits per heavy atom. The maximum atomic E-state index is 11.3. The normalized spacial score (nSPS) is 11.7. The fourth-order valence-electron chi connectivity index (χ4n) is 2.67. The van der Waals surface area contributed by atoms with Crippen LogP contribution in [-0.4, -0.2) is 35.3 Å². The molecule has 0 aliphatic heterocycles. The number of carboxylic acid groups (broad SMARTS) is 1. The molecular formula is C20H30N2O3Si. The van der Waals surface area contributed by atoms with Gasteiger partial charge in [0.2, 0.25) is 0 Å². The highest BCUT2D eigenvalue weighted by atomic mass is 28.3. The molecule has 1 N–H and O–H groups in total. The molecule has 5 nitrogen and oxygen atoms in total. The van der Waals surface area contributed by atoms with Crippen molar-refractivity contribution in [3.8, 4) is 11.3 Å². The molecule has 26 heavy (non-hydrogen) atoms. The minimum absolute atomic E-state index is 0.282. The molecule has 0 unspecified atom stereocenters. The maximum absolute atomic E-state index is 11.3. The quantitative estimate of drug-likeness (QED) is 0.474. The fourth-order valence-corrected chi connectivity index (χ4v) is 3.43. The van der Waals surface area contributed by atoms with Gasteiger partial charge in [0, 0.05) is 26.7 Å². The first-order valence-electron chi connectivity index (χ1n) is 9.27. The summed E-state index contributed by atoms with van der Waals surface area (Å²) in [7, 11) is -1.13. The van der Waals surface area contributed by atoms with E-state index in [0.717, 1.165) is 49.0 Å². The van der Waals surface area contributed by atoms with Gasteiger partial charge >= 0.3 is 5.97 Å². The molecule has 0 amide bonds. The Hall–Kier alpha value is -1.92. The number of hydrogen-bond acceptors (Lipinski definition) is 3. The van der Waals surface area contributed by atoms with Crippen molar-refractivity contribution in [3.05, 3.63) is 41.9 Å². The van der Waals surface area contributed by atoms with E-state index in [1.54, 1.807) is 18.2 Å². The van der Waals surface area contributed by atoms with Crippen LogP contribution in [-0.2, 0) is 17.9 Å². The minimum Gasteiger partial charge on any atom is -0.478 e. The summed E-state index contributed by atoms with van der Waals surface area (Å²) in [4.78, 5) is 15.9. The second-order valence-electron chi connectivity index (χ2n) is 7.83. The smallest absolute Gasteiger partial charge is 0.335 e. The molecule has 1 aromatic carbocycles. The number of nitrogens with zero attached hydrogens (tertiary/aromatic N) is 2. The summed E-state index contributed by atoms with van der Waals surface area (Å²) in [5.74, 6) is 0.0751. The van der Waals surface area contributed by atoms with Gasteiger partial charge in [-0.25, -0.2) is 9.78 Å². The van der Waals surface area contributed by atoms with Crippen molar-refractivity contribution in [3.63, 3.8) is 0 Å². The summed E-state index contributed by atoms with van der Waals surface area (Å²) in [6.07, 6.45) is 4.90. The Bertz CT molecular complexity index is 735. The molecule has 2 rings (SSSR count). The van der Waals surface area contributed by atoms with Gasteiger partial charge in [0.05, 0.1) is 17.5 Å². The predicted octanol–water partition coefficient (Wildman–Crippen LogP) is 4.90. The summed E-state index contributed by atoms with van der Waals surface area (Å²) in [6.45, 7) is 10.4. The third kappa shape index (κ3) is 5.81. The van der Waals surface area contributed by atoms with Crippen molar-refractivity contribution in [2.75, 3.05) is 6.61 Å². The van der Waals surface area contributed by atoms with Gasteiger partial charge < -0.3 is 14.4 Å². The van der Waals surface area contributed by atoms with E-state index in [9.17, 15) is 9.90 Å². The van der Waals surface area contributed by atoms with Gasteiger partial charge in [-0.15, -0.1) is 0 Å². The summed E-state index contributed by atoms with van der Waals surface area (Å²) < 4.78 is 8.04. The summed E-state index contributed by atoms with van der Waals surface area (Å²) in [5.41, 5.74) is 2.05. The first-order valence-corrected chi connectivity index (χ1v) is 13.0. The standard InChI is InChI=1S/C20H30N2O3Si/c1-5-6-10-19-21-14-18(16-8-7-9-17(13-16)20(23)24)22(19)15-25-11-12-26(2,3)4/h7-9,13-14H,5-6,10-12,15H2,1-4H3,(H,23,24). The van der Waals surface area contributed by atoms with Crippen molar-refractivity contribution in [1.82, 2.24) is 9.55 Å². The molecule has 0 radical (unpaired) electrons. The molecule has 0 bridgehead atoms. The van der Waals surface area contributed by atoms with E-state index in [1.165, 1.54) is 0 Å². The lowest BCUT2D eigenvalue weighted by Gasteiger charge is -2.17. The third-order valence-corrected chi connectivity index (χ3v) is 6.02. The van der Waals surface area contributed by atoms with Crippen molar-refractivity contribution < 1.29 is 14.6 Å². The van der Waals surface area contributed by atoms with Gasteiger partial charge in [-0.2, -0.15) is 0 Å². The first kappa shape index (κ1) is 20.4. The highest BCUT2D eigenvalue weighted by Crippen LogP contribution is 2.23. The van der Waals surface area contributed by atoms with Gasteiger partial charge in [0.1, 0.15) is 12.6 Å². The van der Waals surface area contributed by atoms with Crippen LogP contribution in [0.2, 0.25) is 25.7 Å². The van der Waals surface area contributed by atoms with Gasteiger partial charge in [-0.3, -0.25) is 0 Å². The monoisotopic (exact) mass is 374 g/mol. The molecular weight excluding hydrogens is 344 g/mol. The average molecular weight is 375 g/mol. The molecule has 6 heteroatoms. The number of unbranched alkanes of at least 4 members (excludes halogenated alkanes) is 1. The second-order valence-corrected chi connectivity index (χ2v) is 13.4. The van der Waals surface area contributed by atoms with Crippen LogP contribution in [0.4, 0.5) is 0 Å². The Balaban J connectivity index is 2.23. The zero-order chi connectivity index (χ0) is 19.2. The fraction of sp³-hybridized carbons (Fsp3) is 0.500. The van der Waals surface area contributed by atoms with Crippen LogP contribution in [0.3, 0.4) is 0 Å². The molecule has 1 aromatic heterocycles. The average Bonchev–Trinajstić information content (AvgIpc) is 2.99. The number of carbonyl (C=O) groups is 1. The zero-order valence-corrected chi connectivity index (χ0v) is 17.3. The largest absolute Gasteiger partial charge is 0.478 e. The number of aromatic carboxylic acids is 1. The van der Waals surface area contributed by atoms with Crippen LogP contribution in [0.25, 0.3) is 11.3 Å². The molecule has 0 atom stereocenters. The number of rotatable bonds is 10.